The highest BCUT2D eigenvalue weighted by atomic mass is 35.5. The number of ether oxygens (including phenoxy) is 2. The van der Waals surface area contributed by atoms with Crippen LogP contribution in [0.25, 0.3) is 0 Å². The Kier molecular flexibility index (Phi) is 7.53. The van der Waals surface area contributed by atoms with E-state index in [-0.39, 0.29) is 29.8 Å². The van der Waals surface area contributed by atoms with Crippen molar-refractivity contribution in [2.75, 3.05) is 39.1 Å². The molecule has 1 aromatic heterocycles. The lowest BCUT2D eigenvalue weighted by Gasteiger charge is -2.39. The van der Waals surface area contributed by atoms with Crippen molar-refractivity contribution in [3.8, 4) is 17.5 Å². The summed E-state index contributed by atoms with van der Waals surface area (Å²) in [5, 5.41) is 11.3. The van der Waals surface area contributed by atoms with Gasteiger partial charge in [-0.05, 0) is 43.9 Å². The standard InChI is InChI=1S/C24H25ClF3N5O4/c1-30(2)11-12-32-20-19(21(34)31(3)23(32)35)33(14-15-7-9-16(25)10-8-15)22(29-20)36-17-5-4-6-18(13-17)37-24(26,27)28/h4-10,13,23,35H,11-12,14H2,1-3H3. The monoisotopic (exact) mass is 539 g/mol. The van der Waals surface area contributed by atoms with Gasteiger partial charge >= 0.3 is 12.4 Å². The van der Waals surface area contributed by atoms with Crippen LogP contribution in [0.1, 0.15) is 16.1 Å². The summed E-state index contributed by atoms with van der Waals surface area (Å²) in [6, 6.07) is 11.9. The number of aliphatic hydroxyl groups excluding tert-OH is 1. The van der Waals surface area contributed by atoms with Crippen LogP contribution in [0.4, 0.5) is 19.0 Å². The Hall–Kier alpha value is -3.48. The summed E-state index contributed by atoms with van der Waals surface area (Å²) < 4.78 is 49.5. The van der Waals surface area contributed by atoms with Crippen molar-refractivity contribution in [3.63, 3.8) is 0 Å². The number of hydrogen-bond acceptors (Lipinski definition) is 7. The van der Waals surface area contributed by atoms with E-state index >= 15 is 0 Å². The number of hydrogen-bond donors (Lipinski definition) is 1. The van der Waals surface area contributed by atoms with Gasteiger partial charge < -0.3 is 24.4 Å². The zero-order chi connectivity index (χ0) is 26.9. The lowest BCUT2D eigenvalue weighted by molar-refractivity contribution is -0.274. The van der Waals surface area contributed by atoms with E-state index in [0.29, 0.717) is 18.1 Å². The quantitative estimate of drug-likeness (QED) is 0.463. The lowest BCUT2D eigenvalue weighted by Crippen LogP contribution is -2.55. The van der Waals surface area contributed by atoms with Gasteiger partial charge in [0.1, 0.15) is 11.5 Å². The van der Waals surface area contributed by atoms with E-state index in [9.17, 15) is 23.1 Å². The van der Waals surface area contributed by atoms with Crippen LogP contribution < -0.4 is 14.4 Å². The van der Waals surface area contributed by atoms with E-state index in [4.69, 9.17) is 16.3 Å². The number of carbonyl (C=O) groups excluding carboxylic acids is 1. The molecule has 0 saturated carbocycles. The SMILES string of the molecule is CN(C)CCN1c2nc(Oc3cccc(OC(F)(F)F)c3)n(Cc3ccc(Cl)cc3)c2C(=O)N(C)C1O. The van der Waals surface area contributed by atoms with Gasteiger partial charge in [0.25, 0.3) is 5.91 Å². The third kappa shape index (κ3) is 6.09. The van der Waals surface area contributed by atoms with E-state index in [0.717, 1.165) is 17.7 Å². The molecule has 13 heteroatoms. The van der Waals surface area contributed by atoms with Gasteiger partial charge in [-0.25, -0.2) is 0 Å². The molecule has 2 heterocycles. The predicted molar refractivity (Wildman–Crippen MR) is 130 cm³/mol. The molecule has 0 bridgehead atoms. The second kappa shape index (κ2) is 10.5. The molecule has 1 unspecified atom stereocenters. The Morgan fingerprint density at radius 2 is 1.81 bits per heavy atom. The van der Waals surface area contributed by atoms with Crippen LogP contribution in [0.2, 0.25) is 5.02 Å². The molecule has 4 rings (SSSR count). The van der Waals surface area contributed by atoms with Gasteiger partial charge in [-0.1, -0.05) is 29.8 Å². The van der Waals surface area contributed by atoms with Gasteiger partial charge in [-0.3, -0.25) is 14.3 Å². The number of benzene rings is 2. The average molecular weight is 540 g/mol. The third-order valence-corrected chi connectivity index (χ3v) is 5.88. The zero-order valence-corrected chi connectivity index (χ0v) is 21.0. The largest absolute Gasteiger partial charge is 0.573 e. The fraction of sp³-hybridized carbons (Fsp3) is 0.333. The van der Waals surface area contributed by atoms with E-state index in [2.05, 4.69) is 9.72 Å². The molecule has 0 fully saturated rings. The number of fused-ring (bicyclic) bond motifs is 1. The maximum absolute atomic E-state index is 13.3. The number of rotatable bonds is 8. The second-order valence-corrected chi connectivity index (χ2v) is 9.10. The Labute approximate surface area is 216 Å². The number of amides is 1. The lowest BCUT2D eigenvalue weighted by atomic mass is 10.2. The minimum atomic E-state index is -4.87. The summed E-state index contributed by atoms with van der Waals surface area (Å²) in [5.74, 6) is -0.745. The van der Waals surface area contributed by atoms with Crippen LogP contribution in [-0.2, 0) is 6.54 Å². The first-order chi connectivity index (χ1) is 17.4. The van der Waals surface area contributed by atoms with E-state index < -0.39 is 24.4 Å². The minimum Gasteiger partial charge on any atom is -0.425 e. The van der Waals surface area contributed by atoms with Gasteiger partial charge in [0.15, 0.2) is 11.5 Å². The Morgan fingerprint density at radius 1 is 1.14 bits per heavy atom. The number of nitrogens with zero attached hydrogens (tertiary/aromatic N) is 5. The van der Waals surface area contributed by atoms with Crippen LogP contribution in [0.3, 0.4) is 0 Å². The van der Waals surface area contributed by atoms with E-state index in [1.165, 1.54) is 28.6 Å². The Bertz CT molecular complexity index is 1270. The molecule has 3 aromatic rings. The first kappa shape index (κ1) is 26.6. The number of anilines is 1. The predicted octanol–water partition coefficient (Wildman–Crippen LogP) is 4.01. The number of imidazole rings is 1. The van der Waals surface area contributed by atoms with E-state index in [1.807, 2.05) is 19.0 Å². The van der Waals surface area contributed by atoms with Crippen molar-refractivity contribution < 1.29 is 32.5 Å². The second-order valence-electron chi connectivity index (χ2n) is 8.66. The van der Waals surface area contributed by atoms with Crippen LogP contribution in [-0.4, -0.2) is 77.3 Å². The molecule has 198 valence electrons. The molecule has 9 nitrogen and oxygen atoms in total. The summed E-state index contributed by atoms with van der Waals surface area (Å²) in [6.07, 6.45) is -6.14. The highest BCUT2D eigenvalue weighted by molar-refractivity contribution is 6.30. The topological polar surface area (TPSA) is 83.3 Å². The number of alkyl halides is 3. The minimum absolute atomic E-state index is 0.0163. The fourth-order valence-corrected chi connectivity index (χ4v) is 3.91. The van der Waals surface area contributed by atoms with Crippen molar-refractivity contribution in [1.29, 1.82) is 0 Å². The van der Waals surface area contributed by atoms with Gasteiger partial charge in [-0.2, -0.15) is 4.98 Å². The first-order valence-electron chi connectivity index (χ1n) is 11.2. The van der Waals surface area contributed by atoms with Crippen molar-refractivity contribution in [2.45, 2.75) is 19.3 Å². The van der Waals surface area contributed by atoms with Gasteiger partial charge in [-0.15, -0.1) is 13.2 Å². The van der Waals surface area contributed by atoms with Gasteiger partial charge in [0, 0.05) is 31.2 Å². The molecular weight excluding hydrogens is 515 g/mol. The van der Waals surface area contributed by atoms with Crippen molar-refractivity contribution in [1.82, 2.24) is 19.4 Å². The number of aliphatic hydroxyl groups is 1. The van der Waals surface area contributed by atoms with Crippen LogP contribution in [0.15, 0.2) is 48.5 Å². The molecule has 0 spiro atoms. The smallest absolute Gasteiger partial charge is 0.425 e. The molecular formula is C24H25ClF3N5O4. The summed E-state index contributed by atoms with van der Waals surface area (Å²) >= 11 is 6.01. The number of likely N-dealkylation sites (N-methyl/N-ethyl adjacent to an activating group) is 1. The Morgan fingerprint density at radius 3 is 2.46 bits per heavy atom. The molecule has 2 aromatic carbocycles. The molecule has 1 aliphatic rings. The number of carbonyl (C=O) groups is 1. The third-order valence-electron chi connectivity index (χ3n) is 5.62. The molecule has 1 aliphatic heterocycles. The zero-order valence-electron chi connectivity index (χ0n) is 20.2. The first-order valence-corrected chi connectivity index (χ1v) is 11.6. The maximum atomic E-state index is 13.3. The van der Waals surface area contributed by atoms with Gasteiger partial charge in [0.2, 0.25) is 6.35 Å². The molecule has 0 aliphatic carbocycles. The molecule has 1 atom stereocenters. The van der Waals surface area contributed by atoms with Crippen molar-refractivity contribution in [2.24, 2.45) is 0 Å². The highest BCUT2D eigenvalue weighted by Gasteiger charge is 2.40. The molecule has 1 amide bonds. The highest BCUT2D eigenvalue weighted by Crippen LogP contribution is 2.36. The summed E-state index contributed by atoms with van der Waals surface area (Å²) in [5.41, 5.74) is 0.934. The normalized spacial score (nSPS) is 15.8. The van der Waals surface area contributed by atoms with Crippen LogP contribution >= 0.6 is 11.6 Å². The van der Waals surface area contributed by atoms with Gasteiger partial charge in [0.05, 0.1) is 6.54 Å². The summed E-state index contributed by atoms with van der Waals surface area (Å²) in [7, 11) is 5.21. The van der Waals surface area contributed by atoms with Crippen molar-refractivity contribution in [3.05, 3.63) is 64.8 Å². The molecule has 37 heavy (non-hydrogen) atoms. The molecule has 1 N–H and O–H groups in total. The summed E-state index contributed by atoms with van der Waals surface area (Å²) in [6.45, 7) is 1.03. The van der Waals surface area contributed by atoms with Crippen LogP contribution in [0.5, 0.6) is 17.5 Å². The maximum Gasteiger partial charge on any atom is 0.573 e. The number of halogens is 4. The van der Waals surface area contributed by atoms with Crippen LogP contribution in [0, 0.1) is 0 Å². The van der Waals surface area contributed by atoms with E-state index in [1.54, 1.807) is 29.2 Å². The van der Waals surface area contributed by atoms with Crippen molar-refractivity contribution >= 4 is 23.3 Å². The fourth-order valence-electron chi connectivity index (χ4n) is 3.79. The average Bonchev–Trinajstić information content (AvgIpc) is 3.15. The molecule has 0 saturated heterocycles. The summed E-state index contributed by atoms with van der Waals surface area (Å²) in [4.78, 5) is 22.5. The molecule has 0 radical (unpaired) electrons. The Balaban J connectivity index is 1.79. The number of aromatic nitrogens is 2.